The molecule has 4 rings (SSSR count). The van der Waals surface area contributed by atoms with E-state index in [0.29, 0.717) is 34.8 Å². The molecule has 0 saturated heterocycles. The minimum atomic E-state index is -0.474. The summed E-state index contributed by atoms with van der Waals surface area (Å²) >= 11 is 1.07. The third-order valence-electron chi connectivity index (χ3n) is 5.04. The van der Waals surface area contributed by atoms with E-state index in [1.54, 1.807) is 24.3 Å². The fourth-order valence-corrected chi connectivity index (χ4v) is 4.35. The maximum absolute atomic E-state index is 13.0. The zero-order valence-electron chi connectivity index (χ0n) is 20.1. The molecule has 4 aromatic rings. The van der Waals surface area contributed by atoms with E-state index in [-0.39, 0.29) is 22.6 Å². The normalized spacial score (nSPS) is 11.6. The molecule has 0 N–H and O–H groups in total. The number of benzene rings is 2. The number of aromatic nitrogens is 3. The molecule has 0 spiro atoms. The highest BCUT2D eigenvalue weighted by molar-refractivity contribution is 7.15. The second-order valence-electron chi connectivity index (χ2n) is 7.88. The Labute approximate surface area is 210 Å². The number of esters is 1. The quantitative estimate of drug-likeness (QED) is 0.251. The summed E-state index contributed by atoms with van der Waals surface area (Å²) in [5.74, 6) is 0.974. The van der Waals surface area contributed by atoms with Gasteiger partial charge in [-0.25, -0.2) is 0 Å². The summed E-state index contributed by atoms with van der Waals surface area (Å²) in [6, 6.07) is 12.4. The van der Waals surface area contributed by atoms with Gasteiger partial charge < -0.3 is 14.2 Å². The number of hydrogen-bond acceptors (Lipinski definition) is 9. The van der Waals surface area contributed by atoms with Gasteiger partial charge in [-0.05, 0) is 54.8 Å². The molecule has 0 saturated carbocycles. The largest absolute Gasteiger partial charge is 0.494 e. The predicted molar refractivity (Wildman–Crippen MR) is 136 cm³/mol. The summed E-state index contributed by atoms with van der Waals surface area (Å²) in [6.45, 7) is 6.17. The molecule has 0 aliphatic carbocycles. The Morgan fingerprint density at radius 2 is 1.83 bits per heavy atom. The summed E-state index contributed by atoms with van der Waals surface area (Å²) in [4.78, 5) is 41.3. The molecule has 0 fully saturated rings. The molecule has 36 heavy (non-hydrogen) atoms. The minimum Gasteiger partial charge on any atom is -0.494 e. The van der Waals surface area contributed by atoms with E-state index >= 15 is 0 Å². The van der Waals surface area contributed by atoms with Gasteiger partial charge in [0.15, 0.2) is 11.5 Å². The van der Waals surface area contributed by atoms with Crippen molar-refractivity contribution in [1.82, 2.24) is 14.6 Å². The molecule has 2 aromatic heterocycles. The molecule has 2 aromatic carbocycles. The van der Waals surface area contributed by atoms with Crippen molar-refractivity contribution in [2.24, 2.45) is 0 Å². The monoisotopic (exact) mass is 507 g/mol. The van der Waals surface area contributed by atoms with Crippen molar-refractivity contribution in [2.75, 3.05) is 13.2 Å². The Balaban J connectivity index is 1.66. The van der Waals surface area contributed by atoms with Crippen LogP contribution in [0.4, 0.5) is 0 Å². The number of carbonyl (C=O) groups is 1. The average molecular weight is 508 g/mol. The first-order chi connectivity index (χ1) is 17.4. The van der Waals surface area contributed by atoms with Gasteiger partial charge in [-0.15, -0.1) is 0 Å². The number of hydrogen-bond donors (Lipinski definition) is 0. The van der Waals surface area contributed by atoms with Crippen LogP contribution in [0.3, 0.4) is 0 Å². The molecule has 9 nitrogen and oxygen atoms in total. The molecule has 0 aliphatic rings. The van der Waals surface area contributed by atoms with Crippen molar-refractivity contribution >= 4 is 28.3 Å². The topological polar surface area (TPSA) is 109 Å². The van der Waals surface area contributed by atoms with Gasteiger partial charge in [-0.2, -0.15) is 14.6 Å². The van der Waals surface area contributed by atoms with E-state index in [9.17, 15) is 14.4 Å². The van der Waals surface area contributed by atoms with Crippen molar-refractivity contribution < 1.29 is 19.0 Å². The lowest BCUT2D eigenvalue weighted by Gasteiger charge is -2.10. The highest BCUT2D eigenvalue weighted by Crippen LogP contribution is 2.29. The Morgan fingerprint density at radius 3 is 2.53 bits per heavy atom. The highest BCUT2D eigenvalue weighted by Gasteiger charge is 2.13. The Bertz CT molecular complexity index is 1560. The first kappa shape index (κ1) is 25.1. The highest BCUT2D eigenvalue weighted by atomic mass is 32.1. The maximum atomic E-state index is 13.0. The van der Waals surface area contributed by atoms with E-state index < -0.39 is 11.5 Å². The van der Waals surface area contributed by atoms with Crippen molar-refractivity contribution in [2.45, 2.75) is 33.6 Å². The lowest BCUT2D eigenvalue weighted by atomic mass is 10.1. The minimum absolute atomic E-state index is 0.181. The molecule has 186 valence electrons. The molecule has 0 radical (unpaired) electrons. The van der Waals surface area contributed by atoms with E-state index in [2.05, 4.69) is 10.1 Å². The van der Waals surface area contributed by atoms with Gasteiger partial charge in [0.25, 0.3) is 11.1 Å². The van der Waals surface area contributed by atoms with Crippen LogP contribution in [0, 0.1) is 0 Å². The van der Waals surface area contributed by atoms with Gasteiger partial charge in [0.2, 0.25) is 4.96 Å². The zero-order valence-corrected chi connectivity index (χ0v) is 21.0. The van der Waals surface area contributed by atoms with Crippen LogP contribution in [0.2, 0.25) is 0 Å². The van der Waals surface area contributed by atoms with Gasteiger partial charge in [0, 0.05) is 13.3 Å². The number of rotatable bonds is 9. The van der Waals surface area contributed by atoms with Gasteiger partial charge >= 0.3 is 5.97 Å². The van der Waals surface area contributed by atoms with Crippen LogP contribution in [0.15, 0.2) is 52.1 Å². The molecule has 0 amide bonds. The summed E-state index contributed by atoms with van der Waals surface area (Å²) in [5.41, 5.74) is 0.843. The van der Waals surface area contributed by atoms with Crippen molar-refractivity contribution in [3.8, 4) is 17.2 Å². The standard InChI is InChI=1S/C26H25N3O6S/c1-4-12-34-19-9-6-17(7-10-19)13-20-24(31)27-26-29(28-20)25(32)23(36-26)15-18-8-11-21(35-16(3)30)22(14-18)33-5-2/h6-11,14-15H,4-5,12-13H2,1-3H3/b23-15+. The Hall–Kier alpha value is -4.05. The van der Waals surface area contributed by atoms with Gasteiger partial charge in [0.1, 0.15) is 11.4 Å². The second kappa shape index (κ2) is 11.1. The number of ether oxygens (including phenoxy) is 3. The van der Waals surface area contributed by atoms with Crippen LogP contribution in [0.1, 0.15) is 44.0 Å². The molecular weight excluding hydrogens is 482 g/mol. The summed E-state index contributed by atoms with van der Waals surface area (Å²) in [6.07, 6.45) is 2.81. The van der Waals surface area contributed by atoms with Crippen LogP contribution in [-0.4, -0.2) is 33.8 Å². The molecule has 0 atom stereocenters. The maximum Gasteiger partial charge on any atom is 0.308 e. The van der Waals surface area contributed by atoms with Crippen LogP contribution in [-0.2, 0) is 11.2 Å². The molecule has 10 heteroatoms. The molecule has 0 unspecified atom stereocenters. The second-order valence-corrected chi connectivity index (χ2v) is 8.88. The third kappa shape index (κ3) is 5.77. The first-order valence-corrected chi connectivity index (χ1v) is 12.3. The summed E-state index contributed by atoms with van der Waals surface area (Å²) in [7, 11) is 0. The van der Waals surface area contributed by atoms with Gasteiger partial charge in [0.05, 0.1) is 17.7 Å². The molecule has 0 aliphatic heterocycles. The summed E-state index contributed by atoms with van der Waals surface area (Å²) < 4.78 is 17.8. The Morgan fingerprint density at radius 1 is 1.06 bits per heavy atom. The van der Waals surface area contributed by atoms with Crippen molar-refractivity contribution in [1.29, 1.82) is 0 Å². The van der Waals surface area contributed by atoms with Crippen LogP contribution in [0.5, 0.6) is 17.2 Å². The van der Waals surface area contributed by atoms with Gasteiger partial charge in [-0.1, -0.05) is 36.5 Å². The van der Waals surface area contributed by atoms with E-state index in [0.717, 1.165) is 33.6 Å². The van der Waals surface area contributed by atoms with E-state index in [1.165, 1.54) is 6.92 Å². The fourth-order valence-electron chi connectivity index (χ4n) is 3.44. The van der Waals surface area contributed by atoms with E-state index in [4.69, 9.17) is 14.2 Å². The lowest BCUT2D eigenvalue weighted by Crippen LogP contribution is -2.28. The zero-order chi connectivity index (χ0) is 25.7. The van der Waals surface area contributed by atoms with Crippen molar-refractivity contribution in [3.05, 3.63) is 84.5 Å². The van der Waals surface area contributed by atoms with Crippen LogP contribution in [0.25, 0.3) is 11.0 Å². The van der Waals surface area contributed by atoms with Gasteiger partial charge in [-0.3, -0.25) is 14.4 Å². The number of carbonyl (C=O) groups excluding carboxylic acids is 1. The molecule has 0 bridgehead atoms. The average Bonchev–Trinajstić information content (AvgIpc) is 3.14. The SMILES string of the molecule is CCCOc1ccc(Cc2nn3c(=O)/c(=C\c4ccc(OC(C)=O)c(OCC)c4)sc3nc2=O)cc1. The van der Waals surface area contributed by atoms with Crippen LogP contribution >= 0.6 is 11.3 Å². The third-order valence-corrected chi connectivity index (χ3v) is 6.00. The molecular formula is C26H25N3O6S. The Kier molecular flexibility index (Phi) is 7.74. The smallest absolute Gasteiger partial charge is 0.308 e. The number of nitrogens with zero attached hydrogens (tertiary/aromatic N) is 3. The summed E-state index contributed by atoms with van der Waals surface area (Å²) in [5, 5.41) is 4.30. The number of fused-ring (bicyclic) bond motifs is 1. The van der Waals surface area contributed by atoms with Crippen LogP contribution < -0.4 is 29.9 Å². The first-order valence-electron chi connectivity index (χ1n) is 11.5. The molecule has 2 heterocycles. The van der Waals surface area contributed by atoms with E-state index in [1.807, 2.05) is 38.1 Å². The lowest BCUT2D eigenvalue weighted by molar-refractivity contribution is -0.132. The fraction of sp³-hybridized carbons (Fsp3) is 0.269. The predicted octanol–water partition coefficient (Wildman–Crippen LogP) is 2.76. The number of thiazole rings is 1. The van der Waals surface area contributed by atoms with Crippen molar-refractivity contribution in [3.63, 3.8) is 0 Å².